The molecule has 0 radical (unpaired) electrons. The summed E-state index contributed by atoms with van der Waals surface area (Å²) in [6.45, 7) is 11.5. The summed E-state index contributed by atoms with van der Waals surface area (Å²) < 4.78 is 0. The van der Waals surface area contributed by atoms with Gasteiger partial charge in [0.25, 0.3) is 0 Å². The number of carbonyl (C=O) groups excluding carboxylic acids is 1. The van der Waals surface area contributed by atoms with Crippen LogP contribution in [-0.2, 0) is 18.3 Å². The maximum absolute atomic E-state index is 13.9. The maximum atomic E-state index is 13.9. The number of carbonyl (C=O) groups is 1. The number of nitrogens with zero attached hydrogens (tertiary/aromatic N) is 3. The molecule has 2 aliphatic carbocycles. The summed E-state index contributed by atoms with van der Waals surface area (Å²) in [5, 5.41) is 9.39. The molecule has 36 heavy (non-hydrogen) atoms. The maximum Gasteiger partial charge on any atom is 0.193 e. The Balaban J connectivity index is 1.33. The van der Waals surface area contributed by atoms with E-state index >= 15 is 0 Å². The number of benzene rings is 2. The number of hydrogen-bond acceptors (Lipinski definition) is 4. The van der Waals surface area contributed by atoms with Crippen molar-refractivity contribution < 1.29 is 4.79 Å². The average molecular weight is 480 g/mol. The molecule has 4 heteroatoms. The number of allylic oxidation sites excluding steroid dienone is 2. The van der Waals surface area contributed by atoms with Crippen LogP contribution < -0.4 is 4.90 Å². The standard InChI is InChI=1S/C32H37N3O/c1-4-22-17-26-27(19-29(22)35-14-10-24(11-15-35)34-12-6-5-7-13-34)32(2,3)28-18-23-16-21(20-33)8-9-25(23)30(28)31(26)36/h8-9,16-17,19,24H,4-7,10-15,18H2,1-3H3. The van der Waals surface area contributed by atoms with Crippen molar-refractivity contribution in [2.24, 2.45) is 0 Å². The number of aryl methyl sites for hydroxylation is 1. The molecule has 4 aliphatic rings. The van der Waals surface area contributed by atoms with Crippen molar-refractivity contribution in [2.45, 2.75) is 77.2 Å². The second-order valence-electron chi connectivity index (χ2n) is 11.7. The Hall–Kier alpha value is -2.90. The molecule has 0 atom stereocenters. The zero-order chi connectivity index (χ0) is 25.0. The van der Waals surface area contributed by atoms with E-state index in [2.05, 4.69) is 48.8 Å². The minimum absolute atomic E-state index is 0.160. The van der Waals surface area contributed by atoms with Gasteiger partial charge >= 0.3 is 0 Å². The van der Waals surface area contributed by atoms with Crippen LogP contribution in [0.3, 0.4) is 0 Å². The topological polar surface area (TPSA) is 47.3 Å². The van der Waals surface area contributed by atoms with Gasteiger partial charge in [-0.25, -0.2) is 0 Å². The van der Waals surface area contributed by atoms with Crippen molar-refractivity contribution in [3.8, 4) is 6.07 Å². The molecule has 0 unspecified atom stereocenters. The molecule has 2 saturated heterocycles. The van der Waals surface area contributed by atoms with Crippen LogP contribution in [-0.4, -0.2) is 42.9 Å². The van der Waals surface area contributed by atoms with Gasteiger partial charge in [-0.05, 0) is 104 Å². The van der Waals surface area contributed by atoms with Crippen LogP contribution in [0.2, 0.25) is 0 Å². The summed E-state index contributed by atoms with van der Waals surface area (Å²) in [6.07, 6.45) is 8.24. The van der Waals surface area contributed by atoms with E-state index in [4.69, 9.17) is 0 Å². The SMILES string of the molecule is CCc1cc2c(cc1N1CCC(N3CCCCC3)CC1)C(C)(C)C1=C(C2=O)c2ccc(C#N)cc2C1. The van der Waals surface area contributed by atoms with Crippen molar-refractivity contribution in [2.75, 3.05) is 31.1 Å². The molecule has 2 heterocycles. The van der Waals surface area contributed by atoms with Crippen molar-refractivity contribution >= 4 is 17.0 Å². The first-order valence-electron chi connectivity index (χ1n) is 13.9. The van der Waals surface area contributed by atoms with Crippen LogP contribution in [0.25, 0.3) is 5.57 Å². The number of nitriles is 1. The van der Waals surface area contributed by atoms with Crippen molar-refractivity contribution in [1.82, 2.24) is 4.90 Å². The first kappa shape index (κ1) is 23.5. The van der Waals surface area contributed by atoms with Crippen molar-refractivity contribution in [3.63, 3.8) is 0 Å². The van der Waals surface area contributed by atoms with Gasteiger partial charge < -0.3 is 9.80 Å². The monoisotopic (exact) mass is 479 g/mol. The number of piperidine rings is 2. The molecule has 0 bridgehead atoms. The van der Waals surface area contributed by atoms with Gasteiger partial charge in [-0.3, -0.25) is 4.79 Å². The van der Waals surface area contributed by atoms with E-state index in [1.807, 2.05) is 18.2 Å². The third-order valence-corrected chi connectivity index (χ3v) is 9.38. The Morgan fingerprint density at radius 1 is 1.00 bits per heavy atom. The van der Waals surface area contributed by atoms with Crippen molar-refractivity contribution in [3.05, 3.63) is 69.3 Å². The fraction of sp³-hybridized carbons (Fsp3) is 0.500. The van der Waals surface area contributed by atoms with Crippen LogP contribution in [0.15, 0.2) is 35.9 Å². The minimum atomic E-state index is -0.225. The van der Waals surface area contributed by atoms with Gasteiger partial charge in [0, 0.05) is 41.4 Å². The highest BCUT2D eigenvalue weighted by Crippen LogP contribution is 2.51. The van der Waals surface area contributed by atoms with Gasteiger partial charge in [0.15, 0.2) is 5.78 Å². The number of likely N-dealkylation sites (tertiary alicyclic amines) is 1. The predicted molar refractivity (Wildman–Crippen MR) is 146 cm³/mol. The Morgan fingerprint density at radius 2 is 1.75 bits per heavy atom. The number of rotatable bonds is 3. The fourth-order valence-electron chi connectivity index (χ4n) is 7.26. The molecular formula is C32H37N3O. The molecule has 0 amide bonds. The lowest BCUT2D eigenvalue weighted by atomic mass is 9.68. The van der Waals surface area contributed by atoms with E-state index in [0.29, 0.717) is 5.56 Å². The third kappa shape index (κ3) is 3.63. The first-order valence-corrected chi connectivity index (χ1v) is 13.9. The van der Waals surface area contributed by atoms with Crippen LogP contribution in [0.4, 0.5) is 5.69 Å². The Morgan fingerprint density at radius 3 is 2.44 bits per heavy atom. The zero-order valence-electron chi connectivity index (χ0n) is 22.0. The van der Waals surface area contributed by atoms with Gasteiger partial charge in [-0.1, -0.05) is 33.3 Å². The summed E-state index contributed by atoms with van der Waals surface area (Å²) in [5.74, 6) is 0.160. The Kier molecular flexibility index (Phi) is 5.80. The summed E-state index contributed by atoms with van der Waals surface area (Å²) in [4.78, 5) is 19.3. The predicted octanol–water partition coefficient (Wildman–Crippen LogP) is 6.06. The molecule has 186 valence electrons. The number of fused-ring (bicyclic) bond motifs is 3. The van der Waals surface area contributed by atoms with E-state index in [-0.39, 0.29) is 11.2 Å². The van der Waals surface area contributed by atoms with Gasteiger partial charge in [-0.2, -0.15) is 5.26 Å². The highest BCUT2D eigenvalue weighted by Gasteiger charge is 2.43. The number of hydrogen-bond donors (Lipinski definition) is 0. The normalized spacial score (nSPS) is 21.7. The van der Waals surface area contributed by atoms with E-state index in [1.165, 1.54) is 67.6 Å². The van der Waals surface area contributed by atoms with Crippen LogP contribution in [0.5, 0.6) is 0 Å². The molecule has 0 saturated carbocycles. The molecule has 2 aromatic rings. The number of anilines is 1. The number of ketones is 1. The average Bonchev–Trinajstić information content (AvgIpc) is 3.32. The molecule has 2 fully saturated rings. The summed E-state index contributed by atoms with van der Waals surface area (Å²) >= 11 is 0. The van der Waals surface area contributed by atoms with Gasteiger partial charge in [-0.15, -0.1) is 0 Å². The third-order valence-electron chi connectivity index (χ3n) is 9.38. The molecule has 2 aromatic carbocycles. The van der Waals surface area contributed by atoms with Crippen LogP contribution in [0, 0.1) is 11.3 Å². The summed E-state index contributed by atoms with van der Waals surface area (Å²) in [7, 11) is 0. The van der Waals surface area contributed by atoms with Crippen molar-refractivity contribution in [1.29, 1.82) is 5.26 Å². The smallest absolute Gasteiger partial charge is 0.193 e. The second-order valence-corrected chi connectivity index (χ2v) is 11.7. The Labute approximate surface area is 215 Å². The molecule has 2 aliphatic heterocycles. The van der Waals surface area contributed by atoms with Gasteiger partial charge in [0.05, 0.1) is 11.6 Å². The minimum Gasteiger partial charge on any atom is -0.371 e. The zero-order valence-corrected chi connectivity index (χ0v) is 22.0. The Bertz CT molecular complexity index is 1300. The van der Waals surface area contributed by atoms with Crippen LogP contribution >= 0.6 is 0 Å². The second kappa shape index (κ2) is 8.89. The van der Waals surface area contributed by atoms with E-state index in [0.717, 1.165) is 54.2 Å². The molecule has 0 N–H and O–H groups in total. The summed E-state index contributed by atoms with van der Waals surface area (Å²) in [6, 6.07) is 13.4. The van der Waals surface area contributed by atoms with Gasteiger partial charge in [0.2, 0.25) is 0 Å². The largest absolute Gasteiger partial charge is 0.371 e. The van der Waals surface area contributed by atoms with Gasteiger partial charge in [0.1, 0.15) is 0 Å². The molecule has 4 nitrogen and oxygen atoms in total. The van der Waals surface area contributed by atoms with E-state index in [9.17, 15) is 10.1 Å². The number of Topliss-reactive ketones (excluding diaryl/α,β-unsaturated/α-hetero) is 1. The highest BCUT2D eigenvalue weighted by molar-refractivity contribution is 6.33. The first-order chi connectivity index (χ1) is 17.4. The highest BCUT2D eigenvalue weighted by atomic mass is 16.1. The fourth-order valence-corrected chi connectivity index (χ4v) is 7.26. The molecule has 0 spiro atoms. The molecule has 6 rings (SSSR count). The molecule has 0 aromatic heterocycles. The lowest BCUT2D eigenvalue weighted by Gasteiger charge is -2.42. The molecular weight excluding hydrogens is 442 g/mol. The lowest BCUT2D eigenvalue weighted by molar-refractivity contribution is 0.105. The summed E-state index contributed by atoms with van der Waals surface area (Å²) in [5.41, 5.74) is 9.34. The lowest BCUT2D eigenvalue weighted by Crippen LogP contribution is -2.47. The van der Waals surface area contributed by atoms with E-state index in [1.54, 1.807) is 0 Å². The quantitative estimate of drug-likeness (QED) is 0.537. The van der Waals surface area contributed by atoms with Crippen LogP contribution in [0.1, 0.15) is 91.1 Å². The van der Waals surface area contributed by atoms with E-state index < -0.39 is 0 Å².